The predicted octanol–water partition coefficient (Wildman–Crippen LogP) is 3.57. The van der Waals surface area contributed by atoms with Gasteiger partial charge in [-0.05, 0) is 54.2 Å². The first kappa shape index (κ1) is 19.6. The molecule has 0 aromatic heterocycles. The number of amides is 2. The van der Waals surface area contributed by atoms with E-state index in [2.05, 4.69) is 6.92 Å². The second-order valence-corrected chi connectivity index (χ2v) is 8.28. The number of imide groups is 1. The van der Waals surface area contributed by atoms with Gasteiger partial charge in [0.25, 0.3) is 11.8 Å². The lowest BCUT2D eigenvalue weighted by molar-refractivity contribution is -0.138. The fourth-order valence-corrected chi connectivity index (χ4v) is 4.33. The molecule has 0 atom stereocenters. The van der Waals surface area contributed by atoms with Crippen molar-refractivity contribution in [1.29, 1.82) is 0 Å². The molecule has 0 spiro atoms. The normalized spacial score (nSPS) is 19.0. The minimum absolute atomic E-state index is 0.132. The highest BCUT2D eigenvalue weighted by molar-refractivity contribution is 6.35. The monoisotopic (exact) mass is 422 g/mol. The molecular weight excluding hydrogens is 399 g/mol. The molecule has 0 saturated carbocycles. The maximum absolute atomic E-state index is 13.5. The number of piperidine rings is 1. The lowest BCUT2D eigenvalue weighted by Gasteiger charge is -2.32. The Labute approximate surface area is 179 Å². The van der Waals surface area contributed by atoms with E-state index in [4.69, 9.17) is 9.47 Å². The number of benzene rings is 2. The van der Waals surface area contributed by atoms with Crippen LogP contribution in [0.2, 0.25) is 0 Å². The minimum Gasteiger partial charge on any atom is -0.454 e. The number of rotatable bonds is 4. The van der Waals surface area contributed by atoms with Crippen LogP contribution in [0.5, 0.6) is 11.5 Å². The number of likely N-dealkylation sites (tertiary alicyclic amines) is 1. The molecule has 1 fully saturated rings. The molecule has 2 aromatic carbocycles. The smallest absolute Gasteiger partial charge is 0.278 e. The van der Waals surface area contributed by atoms with Gasteiger partial charge in [0.1, 0.15) is 11.5 Å². The molecule has 2 aromatic rings. The average Bonchev–Trinajstić information content (AvgIpc) is 3.33. The SMILES string of the molecule is CC1CCN(C2=C(c3ccc(F)cc3)C(=O)N(Cc3ccc4c(c3)OCO4)C2=O)CC1. The van der Waals surface area contributed by atoms with Gasteiger partial charge in [-0.25, -0.2) is 4.39 Å². The second kappa shape index (κ2) is 7.72. The first-order valence-electron chi connectivity index (χ1n) is 10.5. The molecule has 31 heavy (non-hydrogen) atoms. The number of hydrogen-bond acceptors (Lipinski definition) is 5. The largest absolute Gasteiger partial charge is 0.454 e. The summed E-state index contributed by atoms with van der Waals surface area (Å²) in [6, 6.07) is 11.2. The molecule has 0 aliphatic carbocycles. The van der Waals surface area contributed by atoms with Crippen LogP contribution in [0.15, 0.2) is 48.2 Å². The van der Waals surface area contributed by atoms with Crippen molar-refractivity contribution in [3.05, 3.63) is 65.1 Å². The maximum atomic E-state index is 13.5. The number of carbonyl (C=O) groups is 2. The molecule has 1 saturated heterocycles. The summed E-state index contributed by atoms with van der Waals surface area (Å²) in [5.41, 5.74) is 2.10. The number of nitrogens with zero attached hydrogens (tertiary/aromatic N) is 2. The lowest BCUT2D eigenvalue weighted by atomic mass is 9.97. The van der Waals surface area contributed by atoms with E-state index >= 15 is 0 Å². The Kier molecular flexibility index (Phi) is 4.88. The summed E-state index contributed by atoms with van der Waals surface area (Å²) in [5, 5.41) is 0. The molecule has 5 rings (SSSR count). The van der Waals surface area contributed by atoms with Crippen LogP contribution >= 0.6 is 0 Å². The maximum Gasteiger partial charge on any atom is 0.278 e. The van der Waals surface area contributed by atoms with E-state index in [1.54, 1.807) is 24.3 Å². The van der Waals surface area contributed by atoms with Crippen LogP contribution in [-0.4, -0.2) is 41.5 Å². The highest BCUT2D eigenvalue weighted by Gasteiger charge is 2.42. The highest BCUT2D eigenvalue weighted by Crippen LogP contribution is 2.36. The summed E-state index contributed by atoms with van der Waals surface area (Å²) < 4.78 is 24.3. The summed E-state index contributed by atoms with van der Waals surface area (Å²) in [4.78, 5) is 30.2. The molecule has 0 bridgehead atoms. The van der Waals surface area contributed by atoms with Crippen LogP contribution in [-0.2, 0) is 16.1 Å². The first-order chi connectivity index (χ1) is 15.0. The third-order valence-electron chi connectivity index (χ3n) is 6.15. The Morgan fingerprint density at radius 1 is 0.968 bits per heavy atom. The van der Waals surface area contributed by atoms with E-state index in [1.165, 1.54) is 17.0 Å². The van der Waals surface area contributed by atoms with Crippen LogP contribution in [0, 0.1) is 11.7 Å². The summed E-state index contributed by atoms with van der Waals surface area (Å²) >= 11 is 0. The van der Waals surface area contributed by atoms with Crippen molar-refractivity contribution in [2.75, 3.05) is 19.9 Å². The molecule has 0 unspecified atom stereocenters. The van der Waals surface area contributed by atoms with Crippen LogP contribution in [0.3, 0.4) is 0 Å². The van der Waals surface area contributed by atoms with Gasteiger partial charge in [-0.1, -0.05) is 25.1 Å². The molecule has 3 heterocycles. The van der Waals surface area contributed by atoms with E-state index in [9.17, 15) is 14.0 Å². The molecule has 0 radical (unpaired) electrons. The highest BCUT2D eigenvalue weighted by atomic mass is 19.1. The standard InChI is InChI=1S/C24H23FN2O4/c1-15-8-10-26(11-9-15)22-21(17-3-5-18(25)6-4-17)23(28)27(24(22)29)13-16-2-7-19-20(12-16)31-14-30-19/h2-7,12,15H,8-11,13-14H2,1H3. The summed E-state index contributed by atoms with van der Waals surface area (Å²) in [6.07, 6.45) is 1.92. The van der Waals surface area contributed by atoms with Crippen molar-refractivity contribution in [3.63, 3.8) is 0 Å². The van der Waals surface area contributed by atoms with Crippen LogP contribution in [0.1, 0.15) is 30.9 Å². The number of hydrogen-bond donors (Lipinski definition) is 0. The quantitative estimate of drug-likeness (QED) is 0.705. The van der Waals surface area contributed by atoms with E-state index in [-0.39, 0.29) is 31.0 Å². The van der Waals surface area contributed by atoms with Crippen LogP contribution < -0.4 is 9.47 Å². The minimum atomic E-state index is -0.383. The zero-order chi connectivity index (χ0) is 21.5. The van der Waals surface area contributed by atoms with Crippen molar-refractivity contribution in [3.8, 4) is 11.5 Å². The molecule has 3 aliphatic rings. The van der Waals surface area contributed by atoms with Gasteiger partial charge in [0.15, 0.2) is 11.5 Å². The van der Waals surface area contributed by atoms with Crippen LogP contribution in [0.25, 0.3) is 5.57 Å². The first-order valence-corrected chi connectivity index (χ1v) is 10.5. The zero-order valence-electron chi connectivity index (χ0n) is 17.3. The fraction of sp³-hybridized carbons (Fsp3) is 0.333. The molecular formula is C24H23FN2O4. The number of fused-ring (bicyclic) bond motifs is 1. The Morgan fingerprint density at radius 2 is 1.68 bits per heavy atom. The third-order valence-corrected chi connectivity index (χ3v) is 6.15. The topological polar surface area (TPSA) is 59.1 Å². The van der Waals surface area contributed by atoms with Crippen molar-refractivity contribution in [1.82, 2.24) is 9.80 Å². The van der Waals surface area contributed by atoms with Gasteiger partial charge in [-0.3, -0.25) is 14.5 Å². The average molecular weight is 422 g/mol. The fourth-order valence-electron chi connectivity index (χ4n) is 4.33. The summed E-state index contributed by atoms with van der Waals surface area (Å²) in [6.45, 7) is 3.93. The second-order valence-electron chi connectivity index (χ2n) is 8.28. The molecule has 7 heteroatoms. The Bertz CT molecular complexity index is 1070. The van der Waals surface area contributed by atoms with Gasteiger partial charge in [0.2, 0.25) is 6.79 Å². The Hall–Kier alpha value is -3.35. The van der Waals surface area contributed by atoms with Crippen molar-refractivity contribution < 1.29 is 23.5 Å². The van der Waals surface area contributed by atoms with E-state index in [0.29, 0.717) is 34.3 Å². The number of ether oxygens (including phenoxy) is 2. The van der Waals surface area contributed by atoms with Gasteiger partial charge in [0, 0.05) is 13.1 Å². The van der Waals surface area contributed by atoms with Gasteiger partial charge in [0.05, 0.1) is 12.1 Å². The van der Waals surface area contributed by atoms with Crippen molar-refractivity contribution in [2.45, 2.75) is 26.3 Å². The van der Waals surface area contributed by atoms with Gasteiger partial charge in [-0.2, -0.15) is 0 Å². The number of halogens is 1. The number of carbonyl (C=O) groups excluding carboxylic acids is 2. The van der Waals surface area contributed by atoms with Crippen molar-refractivity contribution in [2.24, 2.45) is 5.92 Å². The van der Waals surface area contributed by atoms with E-state index in [1.807, 2.05) is 11.0 Å². The zero-order valence-corrected chi connectivity index (χ0v) is 17.3. The molecule has 2 amide bonds. The molecule has 3 aliphatic heterocycles. The van der Waals surface area contributed by atoms with Crippen LogP contribution in [0.4, 0.5) is 4.39 Å². The predicted molar refractivity (Wildman–Crippen MR) is 111 cm³/mol. The van der Waals surface area contributed by atoms with Gasteiger partial charge in [-0.15, -0.1) is 0 Å². The third kappa shape index (κ3) is 3.54. The molecule has 6 nitrogen and oxygen atoms in total. The van der Waals surface area contributed by atoms with Gasteiger partial charge >= 0.3 is 0 Å². The van der Waals surface area contributed by atoms with Crippen molar-refractivity contribution >= 4 is 17.4 Å². The molecule has 0 N–H and O–H groups in total. The Balaban J connectivity index is 1.49. The molecule has 160 valence electrons. The lowest BCUT2D eigenvalue weighted by Crippen LogP contribution is -2.38. The Morgan fingerprint density at radius 3 is 2.42 bits per heavy atom. The summed E-state index contributed by atoms with van der Waals surface area (Å²) in [5.74, 6) is 0.791. The summed E-state index contributed by atoms with van der Waals surface area (Å²) in [7, 11) is 0. The van der Waals surface area contributed by atoms with E-state index in [0.717, 1.165) is 31.5 Å². The van der Waals surface area contributed by atoms with Gasteiger partial charge < -0.3 is 14.4 Å². The van der Waals surface area contributed by atoms with E-state index < -0.39 is 0 Å².